The van der Waals surface area contributed by atoms with Gasteiger partial charge in [-0.25, -0.2) is 4.79 Å². The van der Waals surface area contributed by atoms with Crippen LogP contribution in [-0.2, 0) is 16.0 Å². The van der Waals surface area contributed by atoms with E-state index >= 15 is 0 Å². The number of rotatable bonds is 4. The van der Waals surface area contributed by atoms with Crippen LogP contribution in [0.1, 0.15) is 5.56 Å². The molecule has 5 heteroatoms. The number of carbonyl (C=O) groups is 2. The Labute approximate surface area is 86.1 Å². The number of hydrogen-bond donors (Lipinski definition) is 3. The van der Waals surface area contributed by atoms with Gasteiger partial charge in [0, 0.05) is 6.42 Å². The predicted molar refractivity (Wildman–Crippen MR) is 51.9 cm³/mol. The standard InChI is InChI=1S/C10H11NO4/c11-8(12)10(15,9(13)14)6-7-4-2-1-3-5-7/h1-5,15H,6H2,(H2,11,12)(H,13,14)/t10-/m0/s1. The van der Waals surface area contributed by atoms with Crippen molar-refractivity contribution in [1.29, 1.82) is 0 Å². The minimum atomic E-state index is -2.54. The van der Waals surface area contributed by atoms with Crippen molar-refractivity contribution in [2.75, 3.05) is 0 Å². The first-order valence-corrected chi connectivity index (χ1v) is 4.26. The van der Waals surface area contributed by atoms with Gasteiger partial charge in [0.1, 0.15) is 0 Å². The molecule has 0 radical (unpaired) electrons. The van der Waals surface area contributed by atoms with Crippen molar-refractivity contribution < 1.29 is 19.8 Å². The van der Waals surface area contributed by atoms with E-state index in [1.807, 2.05) is 0 Å². The quantitative estimate of drug-likeness (QED) is 0.583. The number of carboxylic acids is 1. The van der Waals surface area contributed by atoms with Gasteiger partial charge >= 0.3 is 5.97 Å². The van der Waals surface area contributed by atoms with Crippen LogP contribution in [0.4, 0.5) is 0 Å². The number of primary amides is 1. The largest absolute Gasteiger partial charge is 0.479 e. The second-order valence-corrected chi connectivity index (χ2v) is 3.19. The number of amides is 1. The van der Waals surface area contributed by atoms with Gasteiger partial charge in [-0.1, -0.05) is 30.3 Å². The zero-order valence-corrected chi connectivity index (χ0v) is 7.88. The highest BCUT2D eigenvalue weighted by Crippen LogP contribution is 2.13. The Bertz CT molecular complexity index is 360. The summed E-state index contributed by atoms with van der Waals surface area (Å²) in [5, 5.41) is 18.3. The normalized spacial score (nSPS) is 14.2. The van der Waals surface area contributed by atoms with Crippen molar-refractivity contribution >= 4 is 11.9 Å². The molecular formula is C10H11NO4. The Balaban J connectivity index is 2.95. The van der Waals surface area contributed by atoms with Crippen LogP contribution in [0, 0.1) is 0 Å². The van der Waals surface area contributed by atoms with Gasteiger partial charge in [-0.05, 0) is 5.56 Å². The molecule has 0 aliphatic heterocycles. The summed E-state index contributed by atoms with van der Waals surface area (Å²) in [4.78, 5) is 21.6. The average molecular weight is 209 g/mol. The van der Waals surface area contributed by atoms with E-state index in [1.54, 1.807) is 30.3 Å². The molecular weight excluding hydrogens is 198 g/mol. The zero-order valence-electron chi connectivity index (χ0n) is 7.88. The summed E-state index contributed by atoms with van der Waals surface area (Å²) >= 11 is 0. The van der Waals surface area contributed by atoms with Crippen molar-refractivity contribution in [3.8, 4) is 0 Å². The Morgan fingerprint density at radius 2 is 1.80 bits per heavy atom. The van der Waals surface area contributed by atoms with Crippen LogP contribution in [0.5, 0.6) is 0 Å². The molecule has 4 N–H and O–H groups in total. The fourth-order valence-electron chi connectivity index (χ4n) is 1.16. The van der Waals surface area contributed by atoms with Crippen LogP contribution >= 0.6 is 0 Å². The first-order chi connectivity index (χ1) is 6.97. The van der Waals surface area contributed by atoms with Crippen molar-refractivity contribution in [2.24, 2.45) is 5.73 Å². The first-order valence-electron chi connectivity index (χ1n) is 4.26. The summed E-state index contributed by atoms with van der Waals surface area (Å²) in [5.41, 5.74) is 2.84. The molecule has 1 atom stereocenters. The van der Waals surface area contributed by atoms with Crippen molar-refractivity contribution in [2.45, 2.75) is 12.0 Å². The fraction of sp³-hybridized carbons (Fsp3) is 0.200. The maximum Gasteiger partial charge on any atom is 0.346 e. The zero-order chi connectivity index (χ0) is 11.5. The smallest absolute Gasteiger partial charge is 0.346 e. The second-order valence-electron chi connectivity index (χ2n) is 3.19. The van der Waals surface area contributed by atoms with E-state index in [0.29, 0.717) is 5.56 Å². The predicted octanol–water partition coefficient (Wildman–Crippen LogP) is -0.470. The van der Waals surface area contributed by atoms with Crippen LogP contribution in [-0.4, -0.2) is 27.7 Å². The van der Waals surface area contributed by atoms with Gasteiger partial charge in [0.05, 0.1) is 0 Å². The van der Waals surface area contributed by atoms with Crippen molar-refractivity contribution in [3.05, 3.63) is 35.9 Å². The maximum absolute atomic E-state index is 10.9. The monoisotopic (exact) mass is 209 g/mol. The van der Waals surface area contributed by atoms with Crippen LogP contribution in [0.3, 0.4) is 0 Å². The van der Waals surface area contributed by atoms with E-state index in [0.717, 1.165) is 0 Å². The molecule has 0 saturated carbocycles. The van der Waals surface area contributed by atoms with E-state index in [2.05, 4.69) is 0 Å². The SMILES string of the molecule is NC(=O)[C@@](O)(Cc1ccccc1)C(=O)O. The molecule has 0 aliphatic rings. The molecule has 0 aliphatic carbocycles. The van der Waals surface area contributed by atoms with Crippen LogP contribution in [0.25, 0.3) is 0 Å². The summed E-state index contributed by atoms with van der Waals surface area (Å²) in [6, 6.07) is 8.32. The van der Waals surface area contributed by atoms with Crippen LogP contribution < -0.4 is 5.73 Å². The van der Waals surface area contributed by atoms with Gasteiger partial charge in [-0.2, -0.15) is 0 Å². The first kappa shape index (κ1) is 11.2. The number of aliphatic hydroxyl groups is 1. The molecule has 0 bridgehead atoms. The summed E-state index contributed by atoms with van der Waals surface area (Å²) < 4.78 is 0. The van der Waals surface area contributed by atoms with Gasteiger partial charge in [0.15, 0.2) is 0 Å². The highest BCUT2D eigenvalue weighted by Gasteiger charge is 2.42. The molecule has 0 unspecified atom stereocenters. The van der Waals surface area contributed by atoms with E-state index in [4.69, 9.17) is 10.8 Å². The summed E-state index contributed by atoms with van der Waals surface area (Å²) in [7, 11) is 0. The number of carboxylic acid groups (broad SMARTS) is 1. The molecule has 15 heavy (non-hydrogen) atoms. The lowest BCUT2D eigenvalue weighted by atomic mass is 9.94. The van der Waals surface area contributed by atoms with E-state index in [9.17, 15) is 14.7 Å². The molecule has 1 rings (SSSR count). The number of benzene rings is 1. The summed E-state index contributed by atoms with van der Waals surface area (Å²) in [6.07, 6.45) is -0.335. The van der Waals surface area contributed by atoms with Gasteiger partial charge in [-0.15, -0.1) is 0 Å². The van der Waals surface area contributed by atoms with Crippen molar-refractivity contribution in [3.63, 3.8) is 0 Å². The number of hydrogen-bond acceptors (Lipinski definition) is 3. The molecule has 1 aromatic carbocycles. The minimum Gasteiger partial charge on any atom is -0.479 e. The molecule has 80 valence electrons. The lowest BCUT2D eigenvalue weighted by Gasteiger charge is -2.19. The topological polar surface area (TPSA) is 101 Å². The van der Waals surface area contributed by atoms with Gasteiger partial charge in [0.2, 0.25) is 5.60 Å². The molecule has 0 fully saturated rings. The fourth-order valence-corrected chi connectivity index (χ4v) is 1.16. The molecule has 0 saturated heterocycles. The number of aliphatic carboxylic acids is 1. The van der Waals surface area contributed by atoms with E-state index in [1.165, 1.54) is 0 Å². The molecule has 0 heterocycles. The highest BCUT2D eigenvalue weighted by molar-refractivity contribution is 6.04. The third kappa shape index (κ3) is 2.32. The average Bonchev–Trinajstić information content (AvgIpc) is 2.18. The molecule has 1 aromatic rings. The molecule has 0 spiro atoms. The van der Waals surface area contributed by atoms with Gasteiger partial charge in [-0.3, -0.25) is 4.79 Å². The number of carbonyl (C=O) groups excluding carboxylic acids is 1. The number of nitrogens with two attached hydrogens (primary N) is 1. The molecule has 5 nitrogen and oxygen atoms in total. The van der Waals surface area contributed by atoms with Crippen LogP contribution in [0.2, 0.25) is 0 Å². The third-order valence-electron chi connectivity index (χ3n) is 2.06. The minimum absolute atomic E-state index is 0.335. The summed E-state index contributed by atoms with van der Waals surface area (Å²) in [6.45, 7) is 0. The Morgan fingerprint density at radius 1 is 1.27 bits per heavy atom. The van der Waals surface area contributed by atoms with Gasteiger partial charge < -0.3 is 15.9 Å². The Kier molecular flexibility index (Phi) is 3.06. The van der Waals surface area contributed by atoms with E-state index < -0.39 is 17.5 Å². The molecule has 1 amide bonds. The molecule has 0 aromatic heterocycles. The Morgan fingerprint density at radius 3 is 2.20 bits per heavy atom. The Hall–Kier alpha value is -1.88. The highest BCUT2D eigenvalue weighted by atomic mass is 16.4. The van der Waals surface area contributed by atoms with Crippen LogP contribution in [0.15, 0.2) is 30.3 Å². The van der Waals surface area contributed by atoms with Gasteiger partial charge in [0.25, 0.3) is 5.91 Å². The third-order valence-corrected chi connectivity index (χ3v) is 2.06. The van der Waals surface area contributed by atoms with Crippen molar-refractivity contribution in [1.82, 2.24) is 0 Å². The lowest BCUT2D eigenvalue weighted by molar-refractivity contribution is -0.164. The maximum atomic E-state index is 10.9. The lowest BCUT2D eigenvalue weighted by Crippen LogP contribution is -2.52. The second kappa shape index (κ2) is 4.10. The summed E-state index contributed by atoms with van der Waals surface area (Å²) in [5.74, 6) is -2.90. The van der Waals surface area contributed by atoms with E-state index in [-0.39, 0.29) is 6.42 Å².